The van der Waals surface area contributed by atoms with Crippen molar-refractivity contribution < 1.29 is 4.79 Å². The highest BCUT2D eigenvalue weighted by atomic mass is 35.5. The first-order valence-corrected chi connectivity index (χ1v) is 7.14. The molecule has 0 radical (unpaired) electrons. The van der Waals surface area contributed by atoms with Gasteiger partial charge in [0.2, 0.25) is 5.91 Å². The number of hydrogen-bond acceptors (Lipinski definition) is 1. The number of benzene rings is 1. The van der Waals surface area contributed by atoms with Crippen LogP contribution in [0.1, 0.15) is 19.3 Å². The molecule has 1 aromatic heterocycles. The number of nitrogens with zero attached hydrogens (tertiary/aromatic N) is 2. The van der Waals surface area contributed by atoms with E-state index in [0.717, 1.165) is 36.8 Å². The third-order valence-corrected chi connectivity index (χ3v) is 3.99. The maximum atomic E-state index is 12.3. The molecule has 100 valence electrons. The van der Waals surface area contributed by atoms with Crippen LogP contribution in [-0.2, 0) is 11.3 Å². The van der Waals surface area contributed by atoms with Crippen LogP contribution in [0.25, 0.3) is 10.9 Å². The quantitative estimate of drug-likeness (QED) is 0.826. The Bertz CT molecular complexity index is 599. The highest BCUT2D eigenvalue weighted by Gasteiger charge is 2.17. The molecule has 4 heteroatoms. The molecule has 0 saturated carbocycles. The second-order valence-electron chi connectivity index (χ2n) is 5.09. The third kappa shape index (κ3) is 2.61. The van der Waals surface area contributed by atoms with Crippen LogP contribution in [0.5, 0.6) is 0 Å². The average Bonchev–Trinajstić information content (AvgIpc) is 2.82. The van der Waals surface area contributed by atoms with Gasteiger partial charge in [-0.05, 0) is 42.8 Å². The smallest absolute Gasteiger partial charge is 0.242 e. The van der Waals surface area contributed by atoms with Crippen molar-refractivity contribution >= 4 is 28.4 Å². The van der Waals surface area contributed by atoms with Gasteiger partial charge in [-0.15, -0.1) is 0 Å². The summed E-state index contributed by atoms with van der Waals surface area (Å²) in [5.41, 5.74) is 1.03. The Hall–Kier alpha value is -1.48. The van der Waals surface area contributed by atoms with Gasteiger partial charge in [0, 0.05) is 29.8 Å². The average molecular weight is 277 g/mol. The molecule has 2 heterocycles. The highest BCUT2D eigenvalue weighted by Crippen LogP contribution is 2.21. The summed E-state index contributed by atoms with van der Waals surface area (Å²) >= 11 is 6.02. The Labute approximate surface area is 117 Å². The normalized spacial score (nSPS) is 15.9. The fourth-order valence-corrected chi connectivity index (χ4v) is 2.85. The Morgan fingerprint density at radius 1 is 1.16 bits per heavy atom. The highest BCUT2D eigenvalue weighted by molar-refractivity contribution is 6.31. The van der Waals surface area contributed by atoms with E-state index in [1.165, 1.54) is 6.42 Å². The van der Waals surface area contributed by atoms with Gasteiger partial charge in [0.15, 0.2) is 0 Å². The van der Waals surface area contributed by atoms with Crippen LogP contribution in [0.4, 0.5) is 0 Å². The first-order valence-electron chi connectivity index (χ1n) is 6.76. The summed E-state index contributed by atoms with van der Waals surface area (Å²) in [6, 6.07) is 7.80. The fourth-order valence-electron chi connectivity index (χ4n) is 2.68. The number of likely N-dealkylation sites (tertiary alicyclic amines) is 1. The van der Waals surface area contributed by atoms with Crippen LogP contribution in [-0.4, -0.2) is 28.5 Å². The van der Waals surface area contributed by atoms with Crippen LogP contribution < -0.4 is 0 Å². The van der Waals surface area contributed by atoms with Gasteiger partial charge in [0.25, 0.3) is 0 Å². The van der Waals surface area contributed by atoms with E-state index < -0.39 is 0 Å². The van der Waals surface area contributed by atoms with Crippen molar-refractivity contribution in [2.45, 2.75) is 25.8 Å². The van der Waals surface area contributed by atoms with E-state index in [0.29, 0.717) is 11.6 Å². The van der Waals surface area contributed by atoms with Gasteiger partial charge in [0.1, 0.15) is 6.54 Å². The minimum Gasteiger partial charge on any atom is -0.341 e. The monoisotopic (exact) mass is 276 g/mol. The number of rotatable bonds is 2. The number of amides is 1. The predicted molar refractivity (Wildman–Crippen MR) is 77.4 cm³/mol. The standard InChI is InChI=1S/C15H17ClN2O/c16-13-5-4-12-6-9-18(14(12)10-13)11-15(19)17-7-2-1-3-8-17/h4-6,9-10H,1-3,7-8,11H2. The molecule has 3 rings (SSSR count). The Balaban J connectivity index is 1.80. The van der Waals surface area contributed by atoms with Gasteiger partial charge >= 0.3 is 0 Å². The molecule has 19 heavy (non-hydrogen) atoms. The summed E-state index contributed by atoms with van der Waals surface area (Å²) in [7, 11) is 0. The zero-order valence-electron chi connectivity index (χ0n) is 10.8. The fraction of sp³-hybridized carbons (Fsp3) is 0.400. The molecule has 1 saturated heterocycles. The summed E-state index contributed by atoms with van der Waals surface area (Å²) in [5.74, 6) is 0.206. The van der Waals surface area contributed by atoms with Gasteiger partial charge in [0.05, 0.1) is 0 Å². The van der Waals surface area contributed by atoms with Gasteiger partial charge < -0.3 is 9.47 Å². The lowest BCUT2D eigenvalue weighted by Gasteiger charge is -2.27. The van der Waals surface area contributed by atoms with Gasteiger partial charge in [-0.1, -0.05) is 17.7 Å². The molecule has 1 fully saturated rings. The summed E-state index contributed by atoms with van der Waals surface area (Å²) in [5, 5.41) is 1.83. The lowest BCUT2D eigenvalue weighted by molar-refractivity contribution is -0.132. The molecule has 0 spiro atoms. The van der Waals surface area contributed by atoms with Crippen LogP contribution in [0.2, 0.25) is 5.02 Å². The summed E-state index contributed by atoms with van der Waals surface area (Å²) in [4.78, 5) is 14.2. The van der Waals surface area contributed by atoms with E-state index >= 15 is 0 Å². The lowest BCUT2D eigenvalue weighted by atomic mass is 10.1. The lowest BCUT2D eigenvalue weighted by Crippen LogP contribution is -2.37. The number of halogens is 1. The Kier molecular flexibility index (Phi) is 3.47. The molecular formula is C15H17ClN2O. The number of aromatic nitrogens is 1. The summed E-state index contributed by atoms with van der Waals surface area (Å²) in [6.07, 6.45) is 5.46. The van der Waals surface area contributed by atoms with Crippen LogP contribution in [0.3, 0.4) is 0 Å². The number of fused-ring (bicyclic) bond motifs is 1. The van der Waals surface area contributed by atoms with Crippen LogP contribution in [0.15, 0.2) is 30.5 Å². The Morgan fingerprint density at radius 3 is 2.74 bits per heavy atom. The van der Waals surface area contributed by atoms with E-state index in [9.17, 15) is 4.79 Å². The number of piperidine rings is 1. The molecule has 1 aliphatic heterocycles. The SMILES string of the molecule is O=C(Cn1ccc2ccc(Cl)cc21)N1CCCCC1. The second kappa shape index (κ2) is 5.25. The zero-order chi connectivity index (χ0) is 13.2. The maximum absolute atomic E-state index is 12.3. The van der Waals surface area contributed by atoms with Gasteiger partial charge in [-0.25, -0.2) is 0 Å². The molecule has 1 aromatic carbocycles. The van der Waals surface area contributed by atoms with Crippen molar-refractivity contribution in [1.82, 2.24) is 9.47 Å². The van der Waals surface area contributed by atoms with Gasteiger partial charge in [-0.3, -0.25) is 4.79 Å². The van der Waals surface area contributed by atoms with Crippen LogP contribution >= 0.6 is 11.6 Å². The number of carbonyl (C=O) groups is 1. The second-order valence-corrected chi connectivity index (χ2v) is 5.52. The van der Waals surface area contributed by atoms with Crippen molar-refractivity contribution in [3.8, 4) is 0 Å². The molecule has 1 aliphatic rings. The molecule has 0 atom stereocenters. The van der Waals surface area contributed by atoms with E-state index in [1.54, 1.807) is 0 Å². The van der Waals surface area contributed by atoms with E-state index in [2.05, 4.69) is 0 Å². The van der Waals surface area contributed by atoms with Crippen molar-refractivity contribution in [1.29, 1.82) is 0 Å². The topological polar surface area (TPSA) is 25.2 Å². The first kappa shape index (κ1) is 12.5. The third-order valence-electron chi connectivity index (χ3n) is 3.75. The van der Waals surface area contributed by atoms with E-state index in [1.807, 2.05) is 39.9 Å². The number of hydrogen-bond donors (Lipinski definition) is 0. The summed E-state index contributed by atoms with van der Waals surface area (Å²) in [6.45, 7) is 2.21. The minimum absolute atomic E-state index is 0.206. The zero-order valence-corrected chi connectivity index (χ0v) is 11.6. The summed E-state index contributed by atoms with van der Waals surface area (Å²) < 4.78 is 1.98. The first-order chi connectivity index (χ1) is 9.24. The molecule has 0 bridgehead atoms. The molecule has 0 aliphatic carbocycles. The largest absolute Gasteiger partial charge is 0.341 e. The number of carbonyl (C=O) groups excluding carboxylic acids is 1. The predicted octanol–water partition coefficient (Wildman–Crippen LogP) is 3.31. The molecule has 0 unspecified atom stereocenters. The Morgan fingerprint density at radius 2 is 1.95 bits per heavy atom. The van der Waals surface area contributed by atoms with E-state index in [4.69, 9.17) is 11.6 Å². The van der Waals surface area contributed by atoms with Crippen molar-refractivity contribution in [2.75, 3.05) is 13.1 Å². The van der Waals surface area contributed by atoms with Crippen molar-refractivity contribution in [3.05, 3.63) is 35.5 Å². The molecule has 3 nitrogen and oxygen atoms in total. The molecular weight excluding hydrogens is 260 g/mol. The molecule has 0 N–H and O–H groups in total. The van der Waals surface area contributed by atoms with Gasteiger partial charge in [-0.2, -0.15) is 0 Å². The molecule has 1 amide bonds. The van der Waals surface area contributed by atoms with Crippen molar-refractivity contribution in [2.24, 2.45) is 0 Å². The minimum atomic E-state index is 0.206. The van der Waals surface area contributed by atoms with Crippen LogP contribution in [0, 0.1) is 0 Å². The maximum Gasteiger partial charge on any atom is 0.242 e. The van der Waals surface area contributed by atoms with E-state index in [-0.39, 0.29) is 5.91 Å². The van der Waals surface area contributed by atoms with Crippen molar-refractivity contribution in [3.63, 3.8) is 0 Å². The molecule has 2 aromatic rings.